The van der Waals surface area contributed by atoms with Gasteiger partial charge in [0.2, 0.25) is 5.88 Å². The fraction of sp³-hybridized carbons (Fsp3) is 0.706. The minimum atomic E-state index is -0.650. The van der Waals surface area contributed by atoms with Crippen LogP contribution in [0.5, 0.6) is 5.88 Å². The van der Waals surface area contributed by atoms with Gasteiger partial charge in [-0.25, -0.2) is 9.67 Å². The summed E-state index contributed by atoms with van der Waals surface area (Å²) in [6.07, 6.45) is 0.621. The lowest BCUT2D eigenvalue weighted by molar-refractivity contribution is -0.191. The molecule has 1 aliphatic heterocycles. The molecule has 0 unspecified atom stereocenters. The molecule has 4 rings (SSSR count). The molecule has 0 amide bonds. The van der Waals surface area contributed by atoms with Crippen LogP contribution in [0.15, 0.2) is 0 Å². The Kier molecular flexibility index (Phi) is 5.71. The summed E-state index contributed by atoms with van der Waals surface area (Å²) < 4.78 is 25.2. The van der Waals surface area contributed by atoms with Gasteiger partial charge < -0.3 is 18.9 Å². The highest BCUT2D eigenvalue weighted by molar-refractivity contribution is 5.75. The number of aromatic nitrogens is 5. The highest BCUT2D eigenvalue weighted by Crippen LogP contribution is 2.45. The van der Waals surface area contributed by atoms with Gasteiger partial charge in [0.15, 0.2) is 17.0 Å². The molecule has 4 atom stereocenters. The van der Waals surface area contributed by atoms with Crippen LogP contribution in [-0.2, 0) is 23.8 Å². The average Bonchev–Trinajstić information content (AvgIpc) is 3.27. The van der Waals surface area contributed by atoms with Gasteiger partial charge in [-0.15, -0.1) is 5.10 Å². The molecule has 2 fully saturated rings. The van der Waals surface area contributed by atoms with Crippen molar-refractivity contribution in [2.45, 2.75) is 64.3 Å². The molecule has 0 N–H and O–H groups in total. The van der Waals surface area contributed by atoms with Gasteiger partial charge in [0.05, 0.1) is 19.3 Å². The third-order valence-corrected chi connectivity index (χ3v) is 4.67. The molecule has 0 aromatic carbocycles. The number of methoxy groups -OCH3 is 1. The number of carbonyl (C=O) groups excluding carboxylic acids is 2. The third-order valence-electron chi connectivity index (χ3n) is 4.67. The third kappa shape index (κ3) is 3.61. The van der Waals surface area contributed by atoms with Crippen molar-refractivity contribution in [3.8, 4) is 5.88 Å². The zero-order valence-electron chi connectivity index (χ0n) is 16.4. The number of rotatable bonds is 4. The first kappa shape index (κ1) is 20.3. The predicted octanol–water partition coefficient (Wildman–Crippen LogP) is 0.825. The van der Waals surface area contributed by atoms with E-state index >= 15 is 0 Å². The minimum absolute atomic E-state index is 0.0501. The van der Waals surface area contributed by atoms with Gasteiger partial charge in [-0.3, -0.25) is 0 Å². The SMILES string of the molecule is CCO[C@H]1C[C@@H](n2nnc3c(OC)nc(C)nc32)[C@@H]2OC(C)(C)O[C@@H]21.O=C=O. The largest absolute Gasteiger partial charge is 0.479 e. The summed E-state index contributed by atoms with van der Waals surface area (Å²) in [6.45, 7) is 8.26. The van der Waals surface area contributed by atoms with Gasteiger partial charge in [-0.2, -0.15) is 14.6 Å². The van der Waals surface area contributed by atoms with Crippen LogP contribution in [0, 0.1) is 6.92 Å². The molecular formula is C17H23N5O6. The number of nitrogens with zero attached hydrogens (tertiary/aromatic N) is 5. The van der Waals surface area contributed by atoms with E-state index < -0.39 is 5.79 Å². The van der Waals surface area contributed by atoms with Crippen LogP contribution in [0.3, 0.4) is 0 Å². The van der Waals surface area contributed by atoms with Crippen molar-refractivity contribution in [2.24, 2.45) is 0 Å². The Balaban J connectivity index is 0.000000706. The smallest absolute Gasteiger partial charge is 0.373 e. The average molecular weight is 393 g/mol. The van der Waals surface area contributed by atoms with Gasteiger partial charge in [-0.05, 0) is 27.7 Å². The fourth-order valence-electron chi connectivity index (χ4n) is 3.80. The van der Waals surface area contributed by atoms with E-state index in [-0.39, 0.29) is 30.5 Å². The molecule has 2 aliphatic rings. The quantitative estimate of drug-likeness (QED) is 0.736. The second-order valence-electron chi connectivity index (χ2n) is 6.93. The van der Waals surface area contributed by atoms with Crippen molar-refractivity contribution in [1.29, 1.82) is 0 Å². The summed E-state index contributed by atoms with van der Waals surface area (Å²) in [4.78, 5) is 25.0. The van der Waals surface area contributed by atoms with Crippen LogP contribution in [0.4, 0.5) is 0 Å². The maximum Gasteiger partial charge on any atom is 0.373 e. The van der Waals surface area contributed by atoms with Gasteiger partial charge in [-0.1, -0.05) is 5.21 Å². The lowest BCUT2D eigenvalue weighted by atomic mass is 10.2. The number of hydrogen-bond donors (Lipinski definition) is 0. The maximum absolute atomic E-state index is 8.12. The molecule has 11 heteroatoms. The fourth-order valence-corrected chi connectivity index (χ4v) is 3.80. The van der Waals surface area contributed by atoms with Crippen molar-refractivity contribution < 1.29 is 28.5 Å². The zero-order chi connectivity index (χ0) is 20.5. The molecule has 1 saturated heterocycles. The van der Waals surface area contributed by atoms with Crippen LogP contribution in [-0.4, -0.2) is 68.9 Å². The Morgan fingerprint density at radius 1 is 1.25 bits per heavy atom. The highest BCUT2D eigenvalue weighted by atomic mass is 16.8. The molecule has 3 heterocycles. The van der Waals surface area contributed by atoms with Gasteiger partial charge in [0, 0.05) is 13.0 Å². The molecular weight excluding hydrogens is 370 g/mol. The van der Waals surface area contributed by atoms with Gasteiger partial charge >= 0.3 is 6.15 Å². The van der Waals surface area contributed by atoms with E-state index in [9.17, 15) is 0 Å². The Morgan fingerprint density at radius 2 is 1.93 bits per heavy atom. The Bertz CT molecular complexity index is 878. The van der Waals surface area contributed by atoms with E-state index in [2.05, 4.69) is 20.3 Å². The minimum Gasteiger partial charge on any atom is -0.479 e. The van der Waals surface area contributed by atoms with E-state index in [0.29, 0.717) is 29.5 Å². The predicted molar refractivity (Wildman–Crippen MR) is 92.3 cm³/mol. The Morgan fingerprint density at radius 3 is 2.57 bits per heavy atom. The Labute approximate surface area is 161 Å². The van der Waals surface area contributed by atoms with Gasteiger partial charge in [0.1, 0.15) is 18.0 Å². The van der Waals surface area contributed by atoms with Crippen molar-refractivity contribution in [1.82, 2.24) is 25.0 Å². The summed E-state index contributed by atoms with van der Waals surface area (Å²) in [7, 11) is 1.56. The summed E-state index contributed by atoms with van der Waals surface area (Å²) in [5.41, 5.74) is 1.18. The Hall–Kier alpha value is -2.46. The normalized spacial score (nSPS) is 27.8. The van der Waals surface area contributed by atoms with Crippen LogP contribution in [0.2, 0.25) is 0 Å². The molecule has 0 spiro atoms. The van der Waals surface area contributed by atoms with E-state index in [4.69, 9.17) is 28.5 Å². The summed E-state index contributed by atoms with van der Waals surface area (Å²) >= 11 is 0. The topological polar surface area (TPSA) is 128 Å². The van der Waals surface area contributed by atoms with Crippen molar-refractivity contribution in [2.75, 3.05) is 13.7 Å². The molecule has 28 heavy (non-hydrogen) atoms. The number of aryl methyl sites for hydroxylation is 1. The van der Waals surface area contributed by atoms with Crippen LogP contribution in [0.25, 0.3) is 11.2 Å². The number of ether oxygens (including phenoxy) is 4. The van der Waals surface area contributed by atoms with E-state index in [0.717, 1.165) is 6.42 Å². The van der Waals surface area contributed by atoms with Crippen molar-refractivity contribution in [3.05, 3.63) is 5.82 Å². The monoisotopic (exact) mass is 393 g/mol. The van der Waals surface area contributed by atoms with Crippen LogP contribution in [0.1, 0.15) is 39.1 Å². The molecule has 1 aliphatic carbocycles. The van der Waals surface area contributed by atoms with E-state index in [1.807, 2.05) is 27.7 Å². The van der Waals surface area contributed by atoms with Crippen LogP contribution >= 0.6 is 0 Å². The summed E-state index contributed by atoms with van der Waals surface area (Å²) in [5.74, 6) is 0.379. The number of fused-ring (bicyclic) bond motifs is 2. The molecule has 0 radical (unpaired) electrons. The van der Waals surface area contributed by atoms with Crippen LogP contribution < -0.4 is 4.74 Å². The molecule has 2 aromatic rings. The highest BCUT2D eigenvalue weighted by Gasteiger charge is 2.56. The molecule has 1 saturated carbocycles. The molecule has 2 aromatic heterocycles. The zero-order valence-corrected chi connectivity index (χ0v) is 16.4. The van der Waals surface area contributed by atoms with Gasteiger partial charge in [0.25, 0.3) is 0 Å². The first-order valence-electron chi connectivity index (χ1n) is 8.95. The lowest BCUT2D eigenvalue weighted by Crippen LogP contribution is -2.31. The lowest BCUT2D eigenvalue weighted by Gasteiger charge is -2.23. The second kappa shape index (κ2) is 7.88. The van der Waals surface area contributed by atoms with Crippen molar-refractivity contribution in [3.63, 3.8) is 0 Å². The van der Waals surface area contributed by atoms with E-state index in [1.54, 1.807) is 11.8 Å². The first-order chi connectivity index (χ1) is 13.3. The van der Waals surface area contributed by atoms with E-state index in [1.165, 1.54) is 0 Å². The summed E-state index contributed by atoms with van der Waals surface area (Å²) in [5, 5.41) is 8.55. The molecule has 152 valence electrons. The second-order valence-corrected chi connectivity index (χ2v) is 6.93. The standard InChI is InChI=1S/C16H23N5O4.CO2/c1-6-23-10-7-9(12-13(10)25-16(3,4)24-12)21-14-11(19-20-21)15(22-5)18-8(2)17-14;2-1-3/h9-10,12-13H,6-7H2,1-5H3;/t9-,10+,12+,13-;/m1./s1. The van der Waals surface area contributed by atoms with Crippen molar-refractivity contribution >= 4 is 17.3 Å². The molecule has 0 bridgehead atoms. The molecule has 11 nitrogen and oxygen atoms in total. The first-order valence-corrected chi connectivity index (χ1v) is 8.95. The maximum atomic E-state index is 8.12. The summed E-state index contributed by atoms with van der Waals surface area (Å²) in [6, 6.07) is -0.0765. The number of hydrogen-bond acceptors (Lipinski definition) is 10.